The molecule has 0 atom stereocenters. The number of carbonyl (C=O) groups is 1. The number of hydrogen-bond donors (Lipinski definition) is 1. The Morgan fingerprint density at radius 3 is 2.38 bits per heavy atom. The van der Waals surface area contributed by atoms with Crippen molar-refractivity contribution in [1.82, 2.24) is 9.78 Å². The highest BCUT2D eigenvalue weighted by Crippen LogP contribution is 2.29. The second-order valence-corrected chi connectivity index (χ2v) is 7.38. The van der Waals surface area contributed by atoms with E-state index in [2.05, 4.69) is 10.4 Å². The van der Waals surface area contributed by atoms with Crippen LogP contribution in [0, 0.1) is 17.0 Å². The van der Waals surface area contributed by atoms with Gasteiger partial charge in [-0.1, -0.05) is 6.07 Å². The zero-order valence-electron chi connectivity index (χ0n) is 19.4. The second-order valence-electron chi connectivity index (χ2n) is 7.38. The largest absolute Gasteiger partial charge is 0.490 e. The standard InChI is InChI=1S/C24H28N4O6/c1-4-32-21-11-6-18(15-22(21)33-5-2)16-34-20-9-7-19(8-10-20)25-24(29)12-13-27-17(3)14-23(26-27)28(30)31/h6-11,14-15H,4-5,12-13,16H2,1-3H3,(H,25,29). The number of nitro groups is 1. The van der Waals surface area contributed by atoms with Crippen molar-refractivity contribution in [3.8, 4) is 17.2 Å². The number of carbonyl (C=O) groups excluding carboxylic acids is 1. The van der Waals surface area contributed by atoms with Crippen LogP contribution in [0.1, 0.15) is 31.5 Å². The molecule has 0 bridgehead atoms. The maximum Gasteiger partial charge on any atom is 0.390 e. The average molecular weight is 469 g/mol. The Labute approximate surface area is 197 Å². The Morgan fingerprint density at radius 2 is 1.74 bits per heavy atom. The van der Waals surface area contributed by atoms with E-state index in [-0.39, 0.29) is 24.7 Å². The fourth-order valence-electron chi connectivity index (χ4n) is 3.23. The third kappa shape index (κ3) is 6.71. The Balaban J connectivity index is 1.50. The molecule has 0 aliphatic carbocycles. The summed E-state index contributed by atoms with van der Waals surface area (Å²) < 4.78 is 18.5. The van der Waals surface area contributed by atoms with Crippen LogP contribution in [0.3, 0.4) is 0 Å². The Bertz CT molecular complexity index is 1130. The number of nitrogens with one attached hydrogen (secondary N) is 1. The highest BCUT2D eigenvalue weighted by molar-refractivity contribution is 5.90. The molecule has 10 nitrogen and oxygen atoms in total. The SMILES string of the molecule is CCOc1ccc(COc2ccc(NC(=O)CCn3nc([N+](=O)[O-])cc3C)cc2)cc1OCC. The summed E-state index contributed by atoms with van der Waals surface area (Å²) >= 11 is 0. The molecule has 0 spiro atoms. The zero-order valence-corrected chi connectivity index (χ0v) is 19.4. The molecule has 0 aliphatic rings. The molecule has 1 aromatic heterocycles. The number of aryl methyl sites for hydroxylation is 2. The number of rotatable bonds is 12. The summed E-state index contributed by atoms with van der Waals surface area (Å²) in [4.78, 5) is 22.5. The van der Waals surface area contributed by atoms with Gasteiger partial charge in [-0.25, -0.2) is 0 Å². The molecule has 0 saturated heterocycles. The first-order valence-electron chi connectivity index (χ1n) is 11.0. The van der Waals surface area contributed by atoms with Crippen molar-refractivity contribution in [2.24, 2.45) is 0 Å². The molecule has 34 heavy (non-hydrogen) atoms. The molecule has 0 fully saturated rings. The van der Waals surface area contributed by atoms with Crippen molar-refractivity contribution in [2.75, 3.05) is 18.5 Å². The van der Waals surface area contributed by atoms with E-state index in [0.717, 1.165) is 5.56 Å². The molecule has 2 aromatic carbocycles. The minimum atomic E-state index is -0.555. The van der Waals surface area contributed by atoms with Crippen LogP contribution >= 0.6 is 0 Å². The minimum absolute atomic E-state index is 0.137. The molecule has 0 unspecified atom stereocenters. The number of amides is 1. The first-order valence-corrected chi connectivity index (χ1v) is 11.0. The number of ether oxygens (including phenoxy) is 3. The highest BCUT2D eigenvalue weighted by atomic mass is 16.6. The molecule has 0 saturated carbocycles. The highest BCUT2D eigenvalue weighted by Gasteiger charge is 2.16. The van der Waals surface area contributed by atoms with E-state index in [1.165, 1.54) is 10.7 Å². The van der Waals surface area contributed by atoms with Gasteiger partial charge in [0.25, 0.3) is 0 Å². The van der Waals surface area contributed by atoms with Crippen LogP contribution in [-0.2, 0) is 17.9 Å². The van der Waals surface area contributed by atoms with Gasteiger partial charge in [0, 0.05) is 12.1 Å². The number of hydrogen-bond acceptors (Lipinski definition) is 7. The lowest BCUT2D eigenvalue weighted by molar-refractivity contribution is -0.389. The first kappa shape index (κ1) is 24.6. The smallest absolute Gasteiger partial charge is 0.390 e. The molecule has 1 heterocycles. The normalized spacial score (nSPS) is 10.6. The summed E-state index contributed by atoms with van der Waals surface area (Å²) in [7, 11) is 0. The van der Waals surface area contributed by atoms with Crippen molar-refractivity contribution >= 4 is 17.4 Å². The molecule has 180 valence electrons. The van der Waals surface area contributed by atoms with Crippen molar-refractivity contribution in [3.05, 3.63) is 69.9 Å². The van der Waals surface area contributed by atoms with E-state index >= 15 is 0 Å². The fraction of sp³-hybridized carbons (Fsp3) is 0.333. The van der Waals surface area contributed by atoms with Gasteiger partial charge in [0.05, 0.1) is 36.6 Å². The van der Waals surface area contributed by atoms with Crippen molar-refractivity contribution in [2.45, 2.75) is 40.3 Å². The molecule has 3 rings (SSSR count). The summed E-state index contributed by atoms with van der Waals surface area (Å²) in [5.41, 5.74) is 2.19. The molecule has 10 heteroatoms. The fourth-order valence-corrected chi connectivity index (χ4v) is 3.23. The van der Waals surface area contributed by atoms with Gasteiger partial charge in [-0.15, -0.1) is 0 Å². The molecular weight excluding hydrogens is 440 g/mol. The topological polar surface area (TPSA) is 118 Å². The molecule has 1 N–H and O–H groups in total. The number of anilines is 1. The molecule has 0 aliphatic heterocycles. The third-order valence-corrected chi connectivity index (χ3v) is 4.86. The van der Waals surface area contributed by atoms with E-state index in [1.54, 1.807) is 31.2 Å². The van der Waals surface area contributed by atoms with Gasteiger partial charge >= 0.3 is 5.82 Å². The number of benzene rings is 2. The van der Waals surface area contributed by atoms with Crippen LogP contribution in [-0.4, -0.2) is 33.8 Å². The van der Waals surface area contributed by atoms with Gasteiger partial charge in [-0.05, 0) is 67.7 Å². The van der Waals surface area contributed by atoms with Crippen LogP contribution < -0.4 is 19.5 Å². The van der Waals surface area contributed by atoms with E-state index < -0.39 is 4.92 Å². The lowest BCUT2D eigenvalue weighted by Gasteiger charge is -2.13. The Hall–Kier alpha value is -4.08. The summed E-state index contributed by atoms with van der Waals surface area (Å²) in [5, 5.41) is 17.5. The predicted molar refractivity (Wildman–Crippen MR) is 126 cm³/mol. The third-order valence-electron chi connectivity index (χ3n) is 4.86. The lowest BCUT2D eigenvalue weighted by Crippen LogP contribution is -2.15. The average Bonchev–Trinajstić information content (AvgIpc) is 3.20. The minimum Gasteiger partial charge on any atom is -0.490 e. The van der Waals surface area contributed by atoms with Gasteiger partial charge in [0.15, 0.2) is 11.5 Å². The molecular formula is C24H28N4O6. The molecule has 3 aromatic rings. The predicted octanol–water partition coefficient (Wildman–Crippen LogP) is 4.50. The van der Waals surface area contributed by atoms with Gasteiger partial charge in [0.2, 0.25) is 5.91 Å². The van der Waals surface area contributed by atoms with Crippen molar-refractivity contribution < 1.29 is 23.9 Å². The Kier molecular flexibility index (Phi) is 8.44. The van der Waals surface area contributed by atoms with Crippen LogP contribution in [0.25, 0.3) is 0 Å². The summed E-state index contributed by atoms with van der Waals surface area (Å²) in [5.74, 6) is 1.60. The van der Waals surface area contributed by atoms with E-state index in [4.69, 9.17) is 14.2 Å². The van der Waals surface area contributed by atoms with Gasteiger partial charge < -0.3 is 29.6 Å². The molecule has 0 radical (unpaired) electrons. The maximum atomic E-state index is 12.3. The van der Waals surface area contributed by atoms with Gasteiger partial charge in [-0.2, -0.15) is 4.68 Å². The quantitative estimate of drug-likeness (QED) is 0.307. The van der Waals surface area contributed by atoms with Crippen LogP contribution in [0.5, 0.6) is 17.2 Å². The van der Waals surface area contributed by atoms with Crippen LogP contribution in [0.2, 0.25) is 0 Å². The van der Waals surface area contributed by atoms with E-state index in [0.29, 0.717) is 48.5 Å². The maximum absolute atomic E-state index is 12.3. The Morgan fingerprint density at radius 1 is 1.03 bits per heavy atom. The van der Waals surface area contributed by atoms with Gasteiger partial charge in [-0.3, -0.25) is 4.79 Å². The summed E-state index contributed by atoms with van der Waals surface area (Å²) in [6.07, 6.45) is 0.137. The number of nitrogens with zero attached hydrogens (tertiary/aromatic N) is 3. The van der Waals surface area contributed by atoms with Crippen LogP contribution in [0.4, 0.5) is 11.5 Å². The van der Waals surface area contributed by atoms with Crippen molar-refractivity contribution in [1.29, 1.82) is 0 Å². The second kappa shape index (κ2) is 11.7. The van der Waals surface area contributed by atoms with E-state index in [1.807, 2.05) is 32.0 Å². The lowest BCUT2D eigenvalue weighted by atomic mass is 10.2. The number of aromatic nitrogens is 2. The van der Waals surface area contributed by atoms with E-state index in [9.17, 15) is 14.9 Å². The monoisotopic (exact) mass is 468 g/mol. The summed E-state index contributed by atoms with van der Waals surface area (Å²) in [6.45, 7) is 7.26. The van der Waals surface area contributed by atoms with Crippen molar-refractivity contribution in [3.63, 3.8) is 0 Å². The van der Waals surface area contributed by atoms with Crippen LogP contribution in [0.15, 0.2) is 48.5 Å². The first-order chi connectivity index (χ1) is 16.4. The summed E-state index contributed by atoms with van der Waals surface area (Å²) in [6, 6.07) is 14.1. The van der Waals surface area contributed by atoms with Gasteiger partial charge in [0.1, 0.15) is 12.4 Å². The molecule has 1 amide bonds. The zero-order chi connectivity index (χ0) is 24.5.